The molecule has 1 saturated heterocycles. The Morgan fingerprint density at radius 3 is 2.82 bits per heavy atom. The van der Waals surface area contributed by atoms with Gasteiger partial charge in [-0.3, -0.25) is 0 Å². The average Bonchev–Trinajstić information content (AvgIpc) is 3.02. The molecule has 0 aromatic heterocycles. The van der Waals surface area contributed by atoms with E-state index in [-0.39, 0.29) is 0 Å². The Balaban J connectivity index is 1.41. The summed E-state index contributed by atoms with van der Waals surface area (Å²) in [6, 6.07) is 0. The minimum atomic E-state index is -0.641. The van der Waals surface area contributed by atoms with Gasteiger partial charge in [0.2, 0.25) is 5.90 Å². The number of rotatable bonds is 8. The first-order valence-electron chi connectivity index (χ1n) is 5.67. The van der Waals surface area contributed by atoms with Gasteiger partial charge in [0, 0.05) is 58.2 Å². The summed E-state index contributed by atoms with van der Waals surface area (Å²) < 4.78 is 15.3. The fraction of sp³-hybridized carbons (Fsp3) is 0.900. The maximum atomic E-state index is 5.47. The van der Waals surface area contributed by atoms with Gasteiger partial charge in [0.1, 0.15) is 6.10 Å². The van der Waals surface area contributed by atoms with Crippen molar-refractivity contribution >= 4 is 51.1 Å². The molecule has 2 rings (SSSR count). The zero-order valence-corrected chi connectivity index (χ0v) is 13.7. The predicted octanol–water partition coefficient (Wildman–Crippen LogP) is 2.80. The number of unbranched alkanes of at least 4 members (excludes halogenated alkanes) is 2. The molecule has 0 aromatic carbocycles. The number of oxime groups is 1. The Kier molecular flexibility index (Phi) is 5.55. The third kappa shape index (κ3) is 5.88. The predicted molar refractivity (Wildman–Crippen MR) is 79.4 cm³/mol. The first kappa shape index (κ1) is 14.1. The van der Waals surface area contributed by atoms with E-state index < -0.39 is 1.80 Å². The van der Waals surface area contributed by atoms with Crippen LogP contribution in [0, 0.1) is 0 Å². The van der Waals surface area contributed by atoms with E-state index in [0.29, 0.717) is 12.0 Å². The van der Waals surface area contributed by atoms with Crippen molar-refractivity contribution < 1.29 is 19.0 Å². The molecule has 17 heavy (non-hydrogen) atoms. The first-order valence-corrected chi connectivity index (χ1v) is 7.83. The third-order valence-corrected chi connectivity index (χ3v) is 3.21. The number of halogens is 2. The van der Waals surface area contributed by atoms with Crippen LogP contribution in [0.15, 0.2) is 5.16 Å². The molecule has 0 bridgehead atoms. The molecule has 2 heterocycles. The lowest BCUT2D eigenvalue weighted by Crippen LogP contribution is -2.14. The van der Waals surface area contributed by atoms with Crippen LogP contribution < -0.4 is 0 Å². The lowest BCUT2D eigenvalue weighted by atomic mass is 10.2. The smallest absolute Gasteiger partial charge is 0.378 e. The quantitative estimate of drug-likeness (QED) is 0.239. The fourth-order valence-electron chi connectivity index (χ4n) is 1.41. The highest BCUT2D eigenvalue weighted by molar-refractivity contribution is 14.2. The number of ether oxygens (including phenoxy) is 3. The van der Waals surface area contributed by atoms with Crippen molar-refractivity contribution in [2.24, 2.45) is 5.16 Å². The van der Waals surface area contributed by atoms with Crippen LogP contribution >= 0.6 is 45.2 Å². The van der Waals surface area contributed by atoms with E-state index in [1.807, 2.05) is 0 Å². The van der Waals surface area contributed by atoms with Crippen LogP contribution in [0.1, 0.15) is 25.7 Å². The number of hydrogen-bond donors (Lipinski definition) is 0. The standard InChI is InChI=1S/C10H15I2NO4/c11-10(12)16-9(13-17-10)4-2-1-3-5-14-6-8-7-15-8/h8H,1-7H2. The number of hydrogen-bond acceptors (Lipinski definition) is 5. The van der Waals surface area contributed by atoms with Crippen molar-refractivity contribution in [2.45, 2.75) is 33.6 Å². The van der Waals surface area contributed by atoms with Crippen LogP contribution in [-0.2, 0) is 19.0 Å². The highest BCUT2D eigenvalue weighted by atomic mass is 127. The number of nitrogens with zero attached hydrogens (tertiary/aromatic N) is 1. The van der Waals surface area contributed by atoms with Crippen molar-refractivity contribution in [3.63, 3.8) is 0 Å². The van der Waals surface area contributed by atoms with Crippen LogP contribution in [-0.4, -0.2) is 33.6 Å². The van der Waals surface area contributed by atoms with E-state index in [4.69, 9.17) is 19.0 Å². The minimum Gasteiger partial charge on any atom is -0.418 e. The summed E-state index contributed by atoms with van der Waals surface area (Å²) in [7, 11) is 0. The molecule has 7 heteroatoms. The van der Waals surface area contributed by atoms with Crippen LogP contribution in [0.5, 0.6) is 0 Å². The van der Waals surface area contributed by atoms with E-state index in [1.165, 1.54) is 0 Å². The minimum absolute atomic E-state index is 0.369. The lowest BCUT2D eigenvalue weighted by Gasteiger charge is -2.10. The molecule has 0 aliphatic carbocycles. The van der Waals surface area contributed by atoms with Crippen molar-refractivity contribution in [1.29, 1.82) is 0 Å². The maximum Gasteiger partial charge on any atom is 0.378 e. The molecule has 0 amide bonds. The zero-order valence-electron chi connectivity index (χ0n) is 9.36. The van der Waals surface area contributed by atoms with E-state index in [0.717, 1.165) is 45.5 Å². The molecule has 0 radical (unpaired) electrons. The first-order chi connectivity index (χ1) is 8.16. The summed E-state index contributed by atoms with van der Waals surface area (Å²) in [5, 5.41) is 3.89. The fourth-order valence-corrected chi connectivity index (χ4v) is 2.12. The molecule has 98 valence electrons. The lowest BCUT2D eigenvalue weighted by molar-refractivity contribution is 0.0241. The van der Waals surface area contributed by atoms with Gasteiger partial charge >= 0.3 is 1.80 Å². The second-order valence-corrected chi connectivity index (χ2v) is 8.89. The van der Waals surface area contributed by atoms with Crippen molar-refractivity contribution in [1.82, 2.24) is 0 Å². The molecule has 5 nitrogen and oxygen atoms in total. The molecule has 0 saturated carbocycles. The normalized spacial score (nSPS) is 25.1. The van der Waals surface area contributed by atoms with Gasteiger partial charge in [0.05, 0.1) is 13.2 Å². The van der Waals surface area contributed by atoms with Gasteiger partial charge < -0.3 is 19.0 Å². The summed E-state index contributed by atoms with van der Waals surface area (Å²) in [6.07, 6.45) is 4.44. The van der Waals surface area contributed by atoms with Crippen molar-refractivity contribution in [3.8, 4) is 0 Å². The molecular weight excluding hydrogens is 452 g/mol. The van der Waals surface area contributed by atoms with Crippen LogP contribution in [0.2, 0.25) is 0 Å². The van der Waals surface area contributed by atoms with Crippen LogP contribution in [0.3, 0.4) is 0 Å². The van der Waals surface area contributed by atoms with Gasteiger partial charge in [-0.15, -0.1) is 0 Å². The Labute approximate surface area is 128 Å². The molecule has 1 fully saturated rings. The highest BCUT2D eigenvalue weighted by Gasteiger charge is 2.34. The molecular formula is C10H15I2NO4. The average molecular weight is 467 g/mol. The Morgan fingerprint density at radius 2 is 2.18 bits per heavy atom. The van der Waals surface area contributed by atoms with Crippen molar-refractivity contribution in [2.75, 3.05) is 19.8 Å². The molecule has 1 unspecified atom stereocenters. The SMILES string of the molecule is IC1(I)ON=C(CCCCCOCC2CO2)O1. The zero-order chi connectivity index (χ0) is 12.1. The molecule has 0 spiro atoms. The topological polar surface area (TPSA) is 52.6 Å². The molecule has 1 atom stereocenters. The van der Waals surface area contributed by atoms with Gasteiger partial charge in [0.25, 0.3) is 0 Å². The summed E-state index contributed by atoms with van der Waals surface area (Å²) in [5.74, 6) is 0.695. The van der Waals surface area contributed by atoms with Crippen LogP contribution in [0.25, 0.3) is 0 Å². The molecule has 0 aromatic rings. The van der Waals surface area contributed by atoms with E-state index in [1.54, 1.807) is 0 Å². The maximum absolute atomic E-state index is 5.47. The summed E-state index contributed by atoms with van der Waals surface area (Å²) in [4.78, 5) is 5.08. The largest absolute Gasteiger partial charge is 0.418 e. The second kappa shape index (κ2) is 6.71. The van der Waals surface area contributed by atoms with Crippen molar-refractivity contribution in [3.05, 3.63) is 0 Å². The molecule has 0 N–H and O–H groups in total. The Hall–Kier alpha value is 0.650. The van der Waals surface area contributed by atoms with Crippen LogP contribution in [0.4, 0.5) is 0 Å². The van der Waals surface area contributed by atoms with Gasteiger partial charge in [0.15, 0.2) is 0 Å². The number of alkyl halides is 2. The summed E-state index contributed by atoms with van der Waals surface area (Å²) in [6.45, 7) is 2.42. The second-order valence-electron chi connectivity index (χ2n) is 3.98. The summed E-state index contributed by atoms with van der Waals surface area (Å²) >= 11 is 4.14. The van der Waals surface area contributed by atoms with E-state index in [2.05, 4.69) is 50.3 Å². The monoisotopic (exact) mass is 467 g/mol. The third-order valence-electron chi connectivity index (χ3n) is 2.38. The van der Waals surface area contributed by atoms with E-state index >= 15 is 0 Å². The van der Waals surface area contributed by atoms with Gasteiger partial charge in [-0.05, 0) is 18.0 Å². The van der Waals surface area contributed by atoms with Gasteiger partial charge in [-0.1, -0.05) is 6.42 Å². The Morgan fingerprint density at radius 1 is 1.35 bits per heavy atom. The Bertz CT molecular complexity index is 281. The van der Waals surface area contributed by atoms with E-state index in [9.17, 15) is 0 Å². The number of epoxide rings is 1. The molecule has 2 aliphatic rings. The molecule has 2 aliphatic heterocycles. The van der Waals surface area contributed by atoms with Gasteiger partial charge in [-0.25, -0.2) is 0 Å². The van der Waals surface area contributed by atoms with Gasteiger partial charge in [-0.2, -0.15) is 0 Å². The summed E-state index contributed by atoms with van der Waals surface area (Å²) in [5.41, 5.74) is 0. The highest BCUT2D eigenvalue weighted by Crippen LogP contribution is 2.35.